The minimum atomic E-state index is -1.25. The van der Waals surface area contributed by atoms with Crippen molar-refractivity contribution in [1.29, 1.82) is 0 Å². The first kappa shape index (κ1) is 46.6. The number of carboxylic acids is 1. The fraction of sp³-hybridized carbons (Fsp3) is 0.419. The smallest absolute Gasteiger partial charge is 0.322 e. The van der Waals surface area contributed by atoms with Crippen LogP contribution in [0.4, 0.5) is 0 Å². The molecule has 3 aromatic carbocycles. The summed E-state index contributed by atoms with van der Waals surface area (Å²) in [5, 5.41) is 30.7. The van der Waals surface area contributed by atoms with Crippen LogP contribution in [0.1, 0.15) is 44.4 Å². The number of hydrogen-bond acceptors (Lipinski definition) is 11. The summed E-state index contributed by atoms with van der Waals surface area (Å²) in [7, 11) is 0. The summed E-state index contributed by atoms with van der Waals surface area (Å²) >= 11 is 2.64. The van der Waals surface area contributed by atoms with Crippen LogP contribution in [0.5, 0.6) is 0 Å². The van der Waals surface area contributed by atoms with E-state index < -0.39 is 80.6 Å². The van der Waals surface area contributed by atoms with Crippen LogP contribution in [-0.2, 0) is 52.9 Å². The van der Waals surface area contributed by atoms with E-state index in [-0.39, 0.29) is 44.3 Å². The third-order valence-electron chi connectivity index (χ3n) is 10.1. The molecule has 2 aliphatic rings. The number of amides is 6. The topological polar surface area (TPSA) is 236 Å². The molecule has 5 rings (SSSR count). The predicted octanol–water partition coefficient (Wildman–Crippen LogP) is 0.810. The van der Waals surface area contributed by atoms with E-state index in [9.17, 15) is 33.6 Å². The quantitative estimate of drug-likeness (QED) is 0.0762. The Hall–Kier alpha value is -5.43. The van der Waals surface area contributed by atoms with Gasteiger partial charge in [0.2, 0.25) is 35.4 Å². The van der Waals surface area contributed by atoms with Gasteiger partial charge >= 0.3 is 5.97 Å². The van der Waals surface area contributed by atoms with Crippen molar-refractivity contribution in [3.05, 3.63) is 108 Å². The lowest BCUT2D eigenvalue weighted by Crippen LogP contribution is -2.59. The largest absolute Gasteiger partial charge is 0.480 e. The van der Waals surface area contributed by atoms with Gasteiger partial charge in [-0.25, -0.2) is 0 Å². The number of thioether (sulfide) groups is 2. The maximum absolute atomic E-state index is 13.7. The number of rotatable bonds is 19. The monoisotopic (exact) mass is 874 g/mol. The highest BCUT2D eigenvalue weighted by Gasteiger charge is 2.50. The summed E-state index contributed by atoms with van der Waals surface area (Å²) in [5.74, 6) is -3.93. The maximum atomic E-state index is 13.7. The number of nitrogens with one attached hydrogen (secondary N) is 8. The molecule has 0 unspecified atom stereocenters. The van der Waals surface area contributed by atoms with Crippen LogP contribution in [0.15, 0.2) is 91.0 Å². The van der Waals surface area contributed by atoms with Gasteiger partial charge in [-0.2, -0.15) is 0 Å². The summed E-state index contributed by atoms with van der Waals surface area (Å²) in [4.78, 5) is 91.6. The second kappa shape index (κ2) is 21.4. The van der Waals surface area contributed by atoms with Gasteiger partial charge in [-0.3, -0.25) is 44.2 Å². The fourth-order valence-corrected chi connectivity index (χ4v) is 10.0. The van der Waals surface area contributed by atoms with Crippen LogP contribution in [0, 0.1) is 0 Å². The summed E-state index contributed by atoms with van der Waals surface area (Å²) < 4.78 is -1.47. The van der Waals surface area contributed by atoms with E-state index in [0.717, 1.165) is 16.7 Å². The van der Waals surface area contributed by atoms with Gasteiger partial charge in [0.15, 0.2) is 0 Å². The molecule has 0 aliphatic carbocycles. The van der Waals surface area contributed by atoms with E-state index in [1.165, 1.54) is 23.5 Å². The number of carbonyl (C=O) groups is 7. The normalized spacial score (nSPS) is 20.9. The van der Waals surface area contributed by atoms with E-state index in [1.54, 1.807) is 24.3 Å². The van der Waals surface area contributed by atoms with Gasteiger partial charge in [-0.15, -0.1) is 23.5 Å². The SMILES string of the molecule is CC1(C)S[C@H]([C@H](NC(=O)Cc2ccccc2)C(=O)NCC(=O)O)N[C@H]1C(=O)NCCNC(=O)[C@@H]1N[C@@H]([C@H](NC(=O)Cc2ccccc2)C(=O)NCc2ccccc2)SC1(C)C. The van der Waals surface area contributed by atoms with Crippen molar-refractivity contribution in [3.63, 3.8) is 0 Å². The Balaban J connectivity index is 1.16. The fourth-order valence-electron chi connectivity index (χ4n) is 7.01. The van der Waals surface area contributed by atoms with Crippen molar-refractivity contribution in [2.45, 2.75) is 91.5 Å². The molecule has 2 fully saturated rings. The number of carbonyl (C=O) groups excluding carboxylic acids is 6. The Morgan fingerprint density at radius 3 is 1.34 bits per heavy atom. The van der Waals surface area contributed by atoms with E-state index in [0.29, 0.717) is 0 Å². The Labute approximate surface area is 363 Å². The van der Waals surface area contributed by atoms with Gasteiger partial charge in [0, 0.05) is 29.1 Å². The van der Waals surface area contributed by atoms with Crippen LogP contribution in [0.25, 0.3) is 0 Å². The Morgan fingerprint density at radius 1 is 0.574 bits per heavy atom. The van der Waals surface area contributed by atoms with E-state index >= 15 is 0 Å². The molecule has 9 N–H and O–H groups in total. The van der Waals surface area contributed by atoms with Crippen molar-refractivity contribution in [2.24, 2.45) is 0 Å². The van der Waals surface area contributed by atoms with Crippen LogP contribution in [0.3, 0.4) is 0 Å². The Bertz CT molecular complexity index is 2030. The standard InChI is InChI=1S/C43H54N8O8S2/c1-42(2)34(50-40(60-42)32(36(56)46-24-28-18-12-7-13-19-28)48-29(52)22-26-14-8-5-9-15-26)38(58)44-20-21-45-39(59)35-43(3,4)61-41(51-35)33(37(57)47-25-31(54)55)49-30(53)23-27-16-10-6-11-17-27/h5-19,32-35,40-41,50-51H,20-25H2,1-4H3,(H,44,58)(H,45,59)(H,46,56)(H,47,57)(H,48,52)(H,49,53)(H,54,55)/t32-,33-,34+,35+,40-,41-/m1/s1. The highest BCUT2D eigenvalue weighted by Crippen LogP contribution is 2.40. The van der Waals surface area contributed by atoms with Crippen molar-refractivity contribution in [1.82, 2.24) is 42.5 Å². The Kier molecular flexibility index (Phi) is 16.3. The molecule has 0 aromatic heterocycles. The number of benzene rings is 3. The van der Waals surface area contributed by atoms with Gasteiger partial charge in [0.1, 0.15) is 30.7 Å². The van der Waals surface area contributed by atoms with Crippen molar-refractivity contribution >= 4 is 64.9 Å². The van der Waals surface area contributed by atoms with Gasteiger partial charge < -0.3 is 37.0 Å². The average molecular weight is 875 g/mol. The number of aliphatic carboxylic acids is 1. The first-order valence-corrected chi connectivity index (χ1v) is 21.7. The lowest BCUT2D eigenvalue weighted by molar-refractivity contribution is -0.138. The third kappa shape index (κ3) is 13.5. The highest BCUT2D eigenvalue weighted by molar-refractivity contribution is 8.01. The van der Waals surface area contributed by atoms with Crippen LogP contribution >= 0.6 is 23.5 Å². The Morgan fingerprint density at radius 2 is 0.951 bits per heavy atom. The molecule has 18 heteroatoms. The molecule has 61 heavy (non-hydrogen) atoms. The van der Waals surface area contributed by atoms with Gasteiger partial charge in [-0.05, 0) is 44.4 Å². The van der Waals surface area contributed by atoms with Crippen molar-refractivity contribution in [2.75, 3.05) is 19.6 Å². The molecule has 0 spiro atoms. The second-order valence-electron chi connectivity index (χ2n) is 15.8. The lowest BCUT2D eigenvalue weighted by Gasteiger charge is -2.25. The second-order valence-corrected chi connectivity index (χ2v) is 19.4. The van der Waals surface area contributed by atoms with Crippen LogP contribution in [-0.4, -0.2) is 111 Å². The van der Waals surface area contributed by atoms with Crippen molar-refractivity contribution in [3.8, 4) is 0 Å². The van der Waals surface area contributed by atoms with Crippen LogP contribution in [0.2, 0.25) is 0 Å². The zero-order chi connectivity index (χ0) is 44.2. The molecule has 16 nitrogen and oxygen atoms in total. The minimum Gasteiger partial charge on any atom is -0.480 e. The number of hydrogen-bond donors (Lipinski definition) is 9. The molecule has 6 amide bonds. The molecule has 0 bridgehead atoms. The van der Waals surface area contributed by atoms with Gasteiger partial charge in [-0.1, -0.05) is 91.0 Å². The predicted molar refractivity (Wildman–Crippen MR) is 234 cm³/mol. The average Bonchev–Trinajstić information content (AvgIpc) is 3.73. The molecular formula is C43H54N8O8S2. The van der Waals surface area contributed by atoms with Crippen molar-refractivity contribution < 1.29 is 38.7 Å². The first-order chi connectivity index (χ1) is 29.0. The number of carboxylic acid groups (broad SMARTS) is 1. The molecule has 0 saturated carbocycles. The maximum Gasteiger partial charge on any atom is 0.322 e. The molecule has 0 radical (unpaired) electrons. The molecule has 6 atom stereocenters. The summed E-state index contributed by atoms with van der Waals surface area (Å²) in [6.07, 6.45) is 0.0590. The highest BCUT2D eigenvalue weighted by atomic mass is 32.2. The van der Waals surface area contributed by atoms with Crippen LogP contribution < -0.4 is 42.5 Å². The molecule has 2 aliphatic heterocycles. The molecular weight excluding hydrogens is 821 g/mol. The van der Waals surface area contributed by atoms with Gasteiger partial charge in [0.05, 0.1) is 23.6 Å². The molecule has 3 aromatic rings. The van der Waals surface area contributed by atoms with E-state index in [2.05, 4.69) is 42.5 Å². The molecule has 326 valence electrons. The molecule has 2 saturated heterocycles. The van der Waals surface area contributed by atoms with E-state index in [4.69, 9.17) is 5.11 Å². The summed E-state index contributed by atoms with van der Waals surface area (Å²) in [6.45, 7) is 7.12. The lowest BCUT2D eigenvalue weighted by atomic mass is 10.0. The van der Waals surface area contributed by atoms with E-state index in [1.807, 2.05) is 94.4 Å². The summed E-state index contributed by atoms with van der Waals surface area (Å²) in [5.41, 5.74) is 2.40. The first-order valence-electron chi connectivity index (χ1n) is 19.9. The summed E-state index contributed by atoms with van der Waals surface area (Å²) in [6, 6.07) is 23.7. The third-order valence-corrected chi connectivity index (χ3v) is 13.1. The molecule has 2 heterocycles. The zero-order valence-corrected chi connectivity index (χ0v) is 36.1. The minimum absolute atomic E-state index is 0.0111. The zero-order valence-electron chi connectivity index (χ0n) is 34.5. The van der Waals surface area contributed by atoms with Gasteiger partial charge in [0.25, 0.3) is 0 Å².